The lowest BCUT2D eigenvalue weighted by molar-refractivity contribution is -0.149. The lowest BCUT2D eigenvalue weighted by Crippen LogP contribution is -2.43. The van der Waals surface area contributed by atoms with Gasteiger partial charge in [-0.2, -0.15) is 0 Å². The molecule has 4 nitrogen and oxygen atoms in total. The van der Waals surface area contributed by atoms with Crippen molar-refractivity contribution in [3.05, 3.63) is 0 Å². The van der Waals surface area contributed by atoms with Crippen LogP contribution in [0.5, 0.6) is 0 Å². The molecule has 0 aromatic rings. The molecule has 1 atom stereocenters. The molecule has 0 aromatic heterocycles. The van der Waals surface area contributed by atoms with E-state index in [9.17, 15) is 9.90 Å². The predicted molar refractivity (Wildman–Crippen MR) is 75.8 cm³/mol. The fraction of sp³-hybridized carbons (Fsp3) is 0.933. The van der Waals surface area contributed by atoms with E-state index in [0.717, 1.165) is 25.7 Å². The predicted octanol–water partition coefficient (Wildman–Crippen LogP) is 2.10. The Bertz CT molecular complexity index is 278. The number of esters is 1. The Kier molecular flexibility index (Phi) is 6.27. The minimum atomic E-state index is -0.338. The third-order valence-corrected chi connectivity index (χ3v) is 3.95. The van der Waals surface area contributed by atoms with E-state index in [-0.39, 0.29) is 23.4 Å². The fourth-order valence-corrected chi connectivity index (χ4v) is 2.38. The number of carbonyl (C=O) groups excluding carboxylic acids is 1. The highest BCUT2D eigenvalue weighted by atomic mass is 16.5. The molecule has 112 valence electrons. The molecule has 0 spiro atoms. The van der Waals surface area contributed by atoms with Gasteiger partial charge in [-0.05, 0) is 38.0 Å². The zero-order valence-corrected chi connectivity index (χ0v) is 12.7. The smallest absolute Gasteiger partial charge is 0.308 e. The van der Waals surface area contributed by atoms with E-state index >= 15 is 0 Å². The fourth-order valence-electron chi connectivity index (χ4n) is 2.38. The second-order valence-corrected chi connectivity index (χ2v) is 6.59. The Morgan fingerprint density at radius 1 is 1.32 bits per heavy atom. The van der Waals surface area contributed by atoms with Gasteiger partial charge in [0, 0.05) is 12.6 Å². The summed E-state index contributed by atoms with van der Waals surface area (Å²) in [5.74, 6) is 0.0289. The van der Waals surface area contributed by atoms with Gasteiger partial charge < -0.3 is 15.2 Å². The van der Waals surface area contributed by atoms with Crippen LogP contribution in [-0.4, -0.2) is 36.4 Å². The van der Waals surface area contributed by atoms with Crippen LogP contribution in [0.15, 0.2) is 0 Å². The summed E-state index contributed by atoms with van der Waals surface area (Å²) in [6.45, 7) is 9.05. The van der Waals surface area contributed by atoms with Crippen molar-refractivity contribution in [3.63, 3.8) is 0 Å². The Morgan fingerprint density at radius 3 is 2.37 bits per heavy atom. The van der Waals surface area contributed by atoms with Crippen molar-refractivity contribution in [1.82, 2.24) is 5.32 Å². The molecule has 1 saturated carbocycles. The van der Waals surface area contributed by atoms with Crippen LogP contribution < -0.4 is 5.32 Å². The van der Waals surface area contributed by atoms with Gasteiger partial charge in [-0.1, -0.05) is 20.8 Å². The molecule has 1 aliphatic rings. The second-order valence-electron chi connectivity index (χ2n) is 6.59. The number of carbonyl (C=O) groups is 1. The first-order chi connectivity index (χ1) is 8.84. The standard InChI is InChI=1S/C15H29NO3/c1-5-19-14(18)11-6-8-12(9-7-11)16-10-13(17)15(2,3)4/h11-13,16-17H,5-10H2,1-4H3. The highest BCUT2D eigenvalue weighted by molar-refractivity contribution is 5.72. The molecule has 1 fully saturated rings. The number of ether oxygens (including phenoxy) is 1. The van der Waals surface area contributed by atoms with E-state index in [1.165, 1.54) is 0 Å². The van der Waals surface area contributed by atoms with E-state index in [1.807, 2.05) is 27.7 Å². The normalized spacial score (nSPS) is 25.9. The number of hydrogen-bond donors (Lipinski definition) is 2. The van der Waals surface area contributed by atoms with Crippen molar-refractivity contribution in [2.24, 2.45) is 11.3 Å². The highest BCUT2D eigenvalue weighted by Gasteiger charge is 2.28. The quantitative estimate of drug-likeness (QED) is 0.752. The summed E-state index contributed by atoms with van der Waals surface area (Å²) in [5, 5.41) is 13.4. The molecule has 19 heavy (non-hydrogen) atoms. The number of rotatable bonds is 5. The molecule has 1 aliphatic carbocycles. The SMILES string of the molecule is CCOC(=O)C1CCC(NCC(O)C(C)(C)C)CC1. The number of hydrogen-bond acceptors (Lipinski definition) is 4. The van der Waals surface area contributed by atoms with E-state index in [2.05, 4.69) is 5.32 Å². The first-order valence-corrected chi connectivity index (χ1v) is 7.42. The Balaban J connectivity index is 2.25. The minimum Gasteiger partial charge on any atom is -0.466 e. The number of aliphatic hydroxyl groups excluding tert-OH is 1. The van der Waals surface area contributed by atoms with Gasteiger partial charge in [0.15, 0.2) is 0 Å². The van der Waals surface area contributed by atoms with Crippen molar-refractivity contribution in [3.8, 4) is 0 Å². The topological polar surface area (TPSA) is 58.6 Å². The number of nitrogens with one attached hydrogen (secondary N) is 1. The van der Waals surface area contributed by atoms with E-state index in [0.29, 0.717) is 19.2 Å². The molecule has 0 heterocycles. The van der Waals surface area contributed by atoms with E-state index < -0.39 is 0 Å². The molecule has 0 radical (unpaired) electrons. The summed E-state index contributed by atoms with van der Waals surface area (Å²) in [7, 11) is 0. The molecule has 2 N–H and O–H groups in total. The first kappa shape index (κ1) is 16.4. The van der Waals surface area contributed by atoms with Crippen LogP contribution in [0.25, 0.3) is 0 Å². The van der Waals surface area contributed by atoms with Crippen LogP contribution in [-0.2, 0) is 9.53 Å². The molecule has 0 aliphatic heterocycles. The van der Waals surface area contributed by atoms with Gasteiger partial charge in [-0.25, -0.2) is 0 Å². The van der Waals surface area contributed by atoms with Crippen molar-refractivity contribution in [2.75, 3.05) is 13.2 Å². The van der Waals surface area contributed by atoms with Gasteiger partial charge in [-0.3, -0.25) is 4.79 Å². The van der Waals surface area contributed by atoms with Gasteiger partial charge in [0.25, 0.3) is 0 Å². The highest BCUT2D eigenvalue weighted by Crippen LogP contribution is 2.26. The second kappa shape index (κ2) is 7.25. The maximum atomic E-state index is 11.6. The van der Waals surface area contributed by atoms with Crippen LogP contribution in [0.4, 0.5) is 0 Å². The van der Waals surface area contributed by atoms with Crippen LogP contribution in [0.2, 0.25) is 0 Å². The van der Waals surface area contributed by atoms with Gasteiger partial charge >= 0.3 is 5.97 Å². The van der Waals surface area contributed by atoms with Crippen LogP contribution in [0, 0.1) is 11.3 Å². The molecule has 0 aromatic carbocycles. The Labute approximate surface area is 116 Å². The van der Waals surface area contributed by atoms with E-state index in [4.69, 9.17) is 4.74 Å². The molecule has 1 unspecified atom stereocenters. The zero-order chi connectivity index (χ0) is 14.5. The summed E-state index contributed by atoms with van der Waals surface area (Å²) in [6.07, 6.45) is 3.42. The molecule has 0 amide bonds. The lowest BCUT2D eigenvalue weighted by Gasteiger charge is -2.31. The molecule has 0 saturated heterocycles. The molecular formula is C15H29NO3. The summed E-state index contributed by atoms with van der Waals surface area (Å²) in [4.78, 5) is 11.6. The van der Waals surface area contributed by atoms with Crippen molar-refractivity contribution in [2.45, 2.75) is 65.5 Å². The summed E-state index contributed by atoms with van der Waals surface area (Å²) in [6, 6.07) is 0.419. The Morgan fingerprint density at radius 2 is 1.89 bits per heavy atom. The summed E-state index contributed by atoms with van der Waals surface area (Å²) in [5.41, 5.74) is -0.0882. The third kappa shape index (κ3) is 5.49. The maximum Gasteiger partial charge on any atom is 0.308 e. The average Bonchev–Trinajstić information content (AvgIpc) is 2.35. The molecule has 4 heteroatoms. The van der Waals surface area contributed by atoms with Crippen LogP contribution in [0.3, 0.4) is 0 Å². The van der Waals surface area contributed by atoms with Crippen LogP contribution in [0.1, 0.15) is 53.4 Å². The minimum absolute atomic E-state index is 0.0457. The van der Waals surface area contributed by atoms with Crippen LogP contribution >= 0.6 is 0 Å². The van der Waals surface area contributed by atoms with Crippen molar-refractivity contribution in [1.29, 1.82) is 0 Å². The van der Waals surface area contributed by atoms with Crippen molar-refractivity contribution >= 4 is 5.97 Å². The monoisotopic (exact) mass is 271 g/mol. The zero-order valence-electron chi connectivity index (χ0n) is 12.7. The maximum absolute atomic E-state index is 11.6. The molecule has 1 rings (SSSR count). The van der Waals surface area contributed by atoms with Gasteiger partial charge in [0.1, 0.15) is 0 Å². The van der Waals surface area contributed by atoms with Gasteiger partial charge in [0.05, 0.1) is 18.6 Å². The van der Waals surface area contributed by atoms with Crippen molar-refractivity contribution < 1.29 is 14.6 Å². The molecular weight excluding hydrogens is 242 g/mol. The Hall–Kier alpha value is -0.610. The third-order valence-electron chi connectivity index (χ3n) is 3.95. The summed E-state index contributed by atoms with van der Waals surface area (Å²) >= 11 is 0. The molecule has 0 bridgehead atoms. The lowest BCUT2D eigenvalue weighted by atomic mass is 9.85. The average molecular weight is 271 g/mol. The summed E-state index contributed by atoms with van der Waals surface area (Å²) < 4.78 is 5.06. The van der Waals surface area contributed by atoms with E-state index in [1.54, 1.807) is 0 Å². The first-order valence-electron chi connectivity index (χ1n) is 7.42. The van der Waals surface area contributed by atoms with Gasteiger partial charge in [0.2, 0.25) is 0 Å². The largest absolute Gasteiger partial charge is 0.466 e. The number of aliphatic hydroxyl groups is 1. The van der Waals surface area contributed by atoms with Gasteiger partial charge in [-0.15, -0.1) is 0 Å².